The van der Waals surface area contributed by atoms with Crippen molar-refractivity contribution in [1.82, 2.24) is 9.97 Å². The van der Waals surface area contributed by atoms with Gasteiger partial charge in [-0.25, -0.2) is 0 Å². The van der Waals surface area contributed by atoms with Crippen LogP contribution < -0.4 is 4.74 Å². The van der Waals surface area contributed by atoms with E-state index in [1.807, 2.05) is 19.2 Å². The van der Waals surface area contributed by atoms with Crippen molar-refractivity contribution in [3.63, 3.8) is 0 Å². The fraction of sp³-hybridized carbons (Fsp3) is 0.192. The summed E-state index contributed by atoms with van der Waals surface area (Å²) in [5, 5.41) is 2.23. The lowest BCUT2D eigenvalue weighted by molar-refractivity contribution is 0.414. The van der Waals surface area contributed by atoms with E-state index in [2.05, 4.69) is 68.7 Å². The number of hydrogen-bond acceptors (Lipinski definition) is 2. The monoisotopic (exact) mass is 382 g/mol. The Labute approximate surface area is 171 Å². The number of H-pyrrole nitrogens is 1. The van der Waals surface area contributed by atoms with Crippen LogP contribution in [0.15, 0.2) is 66.4 Å². The van der Waals surface area contributed by atoms with Crippen molar-refractivity contribution < 1.29 is 4.74 Å². The van der Waals surface area contributed by atoms with Crippen molar-refractivity contribution in [1.29, 1.82) is 0 Å². The highest BCUT2D eigenvalue weighted by Crippen LogP contribution is 2.40. The maximum absolute atomic E-state index is 5.80. The van der Waals surface area contributed by atoms with Gasteiger partial charge in [-0.05, 0) is 51.5 Å². The molecular formula is C26H26N2O. The van der Waals surface area contributed by atoms with Gasteiger partial charge in [0.15, 0.2) is 0 Å². The van der Waals surface area contributed by atoms with Crippen LogP contribution in [0.4, 0.5) is 0 Å². The second-order valence-corrected chi connectivity index (χ2v) is 7.83. The molecule has 2 heterocycles. The van der Waals surface area contributed by atoms with Crippen LogP contribution in [0.1, 0.15) is 31.9 Å². The molecule has 0 aliphatic rings. The van der Waals surface area contributed by atoms with Crippen LogP contribution in [0, 0.1) is 6.92 Å². The van der Waals surface area contributed by atoms with Gasteiger partial charge in [0, 0.05) is 33.6 Å². The third-order valence-electron chi connectivity index (χ3n) is 5.35. The van der Waals surface area contributed by atoms with Gasteiger partial charge in [-0.2, -0.15) is 0 Å². The van der Waals surface area contributed by atoms with Crippen molar-refractivity contribution in [3.05, 3.63) is 77.5 Å². The molecule has 1 N–H and O–H groups in total. The van der Waals surface area contributed by atoms with Crippen molar-refractivity contribution in [2.75, 3.05) is 7.11 Å². The molecule has 146 valence electrons. The van der Waals surface area contributed by atoms with Gasteiger partial charge in [0.2, 0.25) is 0 Å². The van der Waals surface area contributed by atoms with Gasteiger partial charge < -0.3 is 9.72 Å². The Kier molecular flexibility index (Phi) is 4.75. The van der Waals surface area contributed by atoms with Crippen molar-refractivity contribution in [2.24, 2.45) is 0 Å². The number of aromatic nitrogens is 2. The molecule has 0 fully saturated rings. The number of fused-ring (bicyclic) bond motifs is 3. The van der Waals surface area contributed by atoms with Crippen LogP contribution in [-0.2, 0) is 0 Å². The fourth-order valence-electron chi connectivity index (χ4n) is 4.09. The number of allylic oxidation sites excluding steroid dienone is 3. The second kappa shape index (κ2) is 7.25. The maximum atomic E-state index is 5.80. The van der Waals surface area contributed by atoms with Gasteiger partial charge in [-0.3, -0.25) is 4.98 Å². The van der Waals surface area contributed by atoms with E-state index in [1.165, 1.54) is 11.1 Å². The van der Waals surface area contributed by atoms with E-state index in [0.717, 1.165) is 55.5 Å². The molecule has 0 bridgehead atoms. The summed E-state index contributed by atoms with van der Waals surface area (Å²) in [7, 11) is 1.72. The summed E-state index contributed by atoms with van der Waals surface area (Å²) >= 11 is 0. The summed E-state index contributed by atoms with van der Waals surface area (Å²) < 4.78 is 5.80. The second-order valence-electron chi connectivity index (χ2n) is 7.83. The minimum atomic E-state index is 0.844. The van der Waals surface area contributed by atoms with Gasteiger partial charge in [0.1, 0.15) is 5.75 Å². The number of aromatic amines is 1. The summed E-state index contributed by atoms with van der Waals surface area (Å²) in [6.45, 7) is 12.5. The van der Waals surface area contributed by atoms with Gasteiger partial charge in [0.25, 0.3) is 0 Å². The van der Waals surface area contributed by atoms with E-state index in [9.17, 15) is 0 Å². The van der Waals surface area contributed by atoms with Crippen LogP contribution >= 0.6 is 0 Å². The zero-order valence-corrected chi connectivity index (χ0v) is 17.7. The molecule has 0 aliphatic heterocycles. The van der Waals surface area contributed by atoms with Gasteiger partial charge >= 0.3 is 0 Å². The first-order valence-corrected chi connectivity index (χ1v) is 9.80. The molecular weight excluding hydrogens is 356 g/mol. The minimum Gasteiger partial charge on any atom is -0.496 e. The van der Waals surface area contributed by atoms with Crippen LogP contribution in [0.2, 0.25) is 0 Å². The molecule has 4 rings (SSSR count). The molecule has 2 aromatic heterocycles. The number of nitrogens with one attached hydrogen (secondary N) is 1. The largest absolute Gasteiger partial charge is 0.496 e. The Hall–Kier alpha value is -3.33. The normalized spacial score (nSPS) is 11.1. The van der Waals surface area contributed by atoms with Crippen LogP contribution in [0.3, 0.4) is 0 Å². The van der Waals surface area contributed by atoms with E-state index in [-0.39, 0.29) is 0 Å². The number of hydrogen-bond donors (Lipinski definition) is 1. The standard InChI is InChI=1S/C26H26N2O/c1-15(2)24(16(3)4)20-13-22-19(14-23(20)29-6)25-21(28-22)11-12-27-26(25)18-9-7-17(5)8-10-18/h7-14,28H,1H2,2-6H3. The van der Waals surface area contributed by atoms with Gasteiger partial charge in [-0.15, -0.1) is 0 Å². The Morgan fingerprint density at radius 3 is 2.34 bits per heavy atom. The molecule has 2 aromatic carbocycles. The zero-order valence-electron chi connectivity index (χ0n) is 17.7. The Balaban J connectivity index is 2.05. The predicted molar refractivity (Wildman–Crippen MR) is 123 cm³/mol. The molecule has 0 amide bonds. The average Bonchev–Trinajstić information content (AvgIpc) is 3.05. The highest BCUT2D eigenvalue weighted by molar-refractivity contribution is 6.14. The topological polar surface area (TPSA) is 37.9 Å². The molecule has 29 heavy (non-hydrogen) atoms. The van der Waals surface area contributed by atoms with Crippen LogP contribution in [-0.4, -0.2) is 17.1 Å². The molecule has 3 nitrogen and oxygen atoms in total. The number of aryl methyl sites for hydroxylation is 1. The molecule has 0 saturated carbocycles. The number of ether oxygens (including phenoxy) is 1. The molecule has 4 aromatic rings. The Bertz CT molecular complexity index is 1270. The number of nitrogens with zero attached hydrogens (tertiary/aromatic N) is 1. The van der Waals surface area contributed by atoms with E-state index >= 15 is 0 Å². The van der Waals surface area contributed by atoms with Crippen molar-refractivity contribution in [2.45, 2.75) is 27.7 Å². The molecule has 0 spiro atoms. The lowest BCUT2D eigenvalue weighted by Gasteiger charge is -2.15. The lowest BCUT2D eigenvalue weighted by atomic mass is 9.93. The SMILES string of the molecule is C=C(C)C(=C(C)C)c1cc2[nH]c3ccnc(-c4ccc(C)cc4)c3c2cc1OC. The zero-order chi connectivity index (χ0) is 20.7. The Morgan fingerprint density at radius 2 is 1.72 bits per heavy atom. The molecule has 0 atom stereocenters. The molecule has 0 aliphatic carbocycles. The third-order valence-corrected chi connectivity index (χ3v) is 5.35. The number of benzene rings is 2. The number of rotatable bonds is 4. The average molecular weight is 383 g/mol. The summed E-state index contributed by atoms with van der Waals surface area (Å²) in [5.74, 6) is 0.844. The molecule has 0 radical (unpaired) electrons. The summed E-state index contributed by atoms with van der Waals surface area (Å²) in [5.41, 5.74) is 9.90. The predicted octanol–water partition coefficient (Wildman–Crippen LogP) is 7.07. The summed E-state index contributed by atoms with van der Waals surface area (Å²) in [4.78, 5) is 8.29. The molecule has 0 saturated heterocycles. The molecule has 0 unspecified atom stereocenters. The first kappa shape index (κ1) is 19.0. The summed E-state index contributed by atoms with van der Waals surface area (Å²) in [6.07, 6.45) is 1.86. The quantitative estimate of drug-likeness (QED) is 0.383. The number of methoxy groups -OCH3 is 1. The third kappa shape index (κ3) is 3.23. The van der Waals surface area contributed by atoms with E-state index in [1.54, 1.807) is 7.11 Å². The minimum absolute atomic E-state index is 0.844. The van der Waals surface area contributed by atoms with E-state index in [0.29, 0.717) is 0 Å². The molecule has 3 heteroatoms. The highest BCUT2D eigenvalue weighted by atomic mass is 16.5. The highest BCUT2D eigenvalue weighted by Gasteiger charge is 2.17. The summed E-state index contributed by atoms with van der Waals surface area (Å²) in [6, 6.07) is 14.8. The van der Waals surface area contributed by atoms with E-state index in [4.69, 9.17) is 9.72 Å². The van der Waals surface area contributed by atoms with Crippen molar-refractivity contribution in [3.8, 4) is 17.0 Å². The maximum Gasteiger partial charge on any atom is 0.127 e. The first-order valence-electron chi connectivity index (χ1n) is 9.80. The first-order chi connectivity index (χ1) is 13.9. The lowest BCUT2D eigenvalue weighted by Crippen LogP contribution is -1.95. The smallest absolute Gasteiger partial charge is 0.127 e. The van der Waals surface area contributed by atoms with Gasteiger partial charge in [-0.1, -0.05) is 47.6 Å². The van der Waals surface area contributed by atoms with E-state index < -0.39 is 0 Å². The fourth-order valence-corrected chi connectivity index (χ4v) is 4.09. The number of pyridine rings is 1. The van der Waals surface area contributed by atoms with Gasteiger partial charge in [0.05, 0.1) is 18.3 Å². The van der Waals surface area contributed by atoms with Crippen LogP contribution in [0.5, 0.6) is 5.75 Å². The van der Waals surface area contributed by atoms with Crippen LogP contribution in [0.25, 0.3) is 38.6 Å². The Morgan fingerprint density at radius 1 is 1.00 bits per heavy atom. The van der Waals surface area contributed by atoms with Crippen molar-refractivity contribution >= 4 is 27.4 Å².